The summed E-state index contributed by atoms with van der Waals surface area (Å²) >= 11 is 0. The molecule has 3 atom stereocenters. The lowest BCUT2D eigenvalue weighted by Crippen LogP contribution is -2.47. The van der Waals surface area contributed by atoms with E-state index in [1.165, 1.54) is 0 Å². The van der Waals surface area contributed by atoms with Gasteiger partial charge in [-0.15, -0.1) is 0 Å². The molecule has 0 spiro atoms. The van der Waals surface area contributed by atoms with Crippen molar-refractivity contribution in [2.24, 2.45) is 5.92 Å². The van der Waals surface area contributed by atoms with E-state index in [0.29, 0.717) is 12.0 Å². The van der Waals surface area contributed by atoms with Crippen LogP contribution in [0.25, 0.3) is 10.9 Å². The minimum Gasteiger partial charge on any atom is -0.480 e. The molecule has 29 heavy (non-hydrogen) atoms. The van der Waals surface area contributed by atoms with Crippen molar-refractivity contribution in [1.29, 1.82) is 0 Å². The zero-order valence-corrected chi connectivity index (χ0v) is 16.5. The maximum Gasteiger partial charge on any atom is 0.326 e. The molecule has 2 aromatic carbocycles. The van der Waals surface area contributed by atoms with Crippen LogP contribution in [0.4, 0.5) is 0 Å². The van der Waals surface area contributed by atoms with Crippen LogP contribution >= 0.6 is 0 Å². The van der Waals surface area contributed by atoms with Gasteiger partial charge < -0.3 is 15.0 Å². The first-order valence-electron chi connectivity index (χ1n) is 9.80. The summed E-state index contributed by atoms with van der Waals surface area (Å²) in [5.74, 6) is -1.17. The van der Waals surface area contributed by atoms with Crippen LogP contribution in [0.1, 0.15) is 31.0 Å². The topological polar surface area (TPSA) is 73.4 Å². The Balaban J connectivity index is 1.77. The van der Waals surface area contributed by atoms with E-state index in [1.807, 2.05) is 72.6 Å². The number of benzene rings is 2. The third kappa shape index (κ3) is 3.44. The van der Waals surface area contributed by atoms with Crippen LogP contribution in [0.5, 0.6) is 0 Å². The number of Topliss-reactive ketones (excluding diaryl/α,β-unsaturated/α-hetero) is 1. The van der Waals surface area contributed by atoms with Crippen LogP contribution in [0.15, 0.2) is 72.6 Å². The average Bonchev–Trinajstić information content (AvgIpc) is 3.13. The Hall–Kier alpha value is -3.34. The van der Waals surface area contributed by atoms with Gasteiger partial charge in [0, 0.05) is 41.2 Å². The molecular weight excluding hydrogens is 364 g/mol. The molecule has 0 unspecified atom stereocenters. The van der Waals surface area contributed by atoms with E-state index in [2.05, 4.69) is 4.98 Å². The number of hydrogen-bond acceptors (Lipinski definition) is 3. The lowest BCUT2D eigenvalue weighted by atomic mass is 9.83. The predicted octanol–water partition coefficient (Wildman–Crippen LogP) is 4.33. The summed E-state index contributed by atoms with van der Waals surface area (Å²) < 4.78 is 0. The summed E-state index contributed by atoms with van der Waals surface area (Å²) in [5.41, 5.74) is 3.48. The van der Waals surface area contributed by atoms with E-state index in [4.69, 9.17) is 0 Å². The number of carbonyl (C=O) groups is 2. The van der Waals surface area contributed by atoms with Crippen molar-refractivity contribution in [1.82, 2.24) is 9.88 Å². The number of rotatable bonds is 5. The minimum absolute atomic E-state index is 0.0614. The Morgan fingerprint density at radius 2 is 1.83 bits per heavy atom. The molecule has 4 rings (SSSR count). The molecule has 0 saturated heterocycles. The first-order valence-corrected chi connectivity index (χ1v) is 9.80. The first-order chi connectivity index (χ1) is 14.0. The van der Waals surface area contributed by atoms with E-state index in [0.717, 1.165) is 22.0 Å². The number of nitrogens with zero attached hydrogens (tertiary/aromatic N) is 1. The number of H-pyrrole nitrogens is 1. The highest BCUT2D eigenvalue weighted by Gasteiger charge is 2.40. The van der Waals surface area contributed by atoms with Gasteiger partial charge in [-0.2, -0.15) is 0 Å². The number of allylic oxidation sites excluding steroid dienone is 1. The number of carboxylic acid groups (broad SMARTS) is 1. The number of carbonyl (C=O) groups excluding carboxylic acids is 1. The fraction of sp³-hybridized carbons (Fsp3) is 0.250. The quantitative estimate of drug-likeness (QED) is 0.682. The summed E-state index contributed by atoms with van der Waals surface area (Å²) in [5, 5.41) is 11.2. The fourth-order valence-electron chi connectivity index (χ4n) is 4.35. The standard InChI is InChI=1S/C24H24N2O3/c1-15-14-26(22(16(2)23(15)27)17-8-4-3-5-9-17)21(24(28)29)12-18-13-25-20-11-7-6-10-19(18)20/h3-11,13-14,16,21-22,25H,12H2,1-2H3,(H,28,29)/t16-,21-,22+/m0/s1. The third-order valence-corrected chi connectivity index (χ3v) is 5.81. The largest absolute Gasteiger partial charge is 0.480 e. The molecule has 1 aliphatic heterocycles. The predicted molar refractivity (Wildman–Crippen MR) is 112 cm³/mol. The van der Waals surface area contributed by atoms with E-state index in [9.17, 15) is 14.7 Å². The van der Waals surface area contributed by atoms with E-state index in [1.54, 1.807) is 13.1 Å². The second kappa shape index (κ2) is 7.59. The third-order valence-electron chi connectivity index (χ3n) is 5.81. The molecule has 0 amide bonds. The summed E-state index contributed by atoms with van der Waals surface area (Å²) in [7, 11) is 0. The molecule has 148 valence electrons. The van der Waals surface area contributed by atoms with Gasteiger partial charge in [0.2, 0.25) is 0 Å². The SMILES string of the molecule is CC1=CN([C@@H](Cc2c[nH]c3ccccc23)C(=O)O)[C@@H](c2ccccc2)[C@H](C)C1=O. The molecule has 2 N–H and O–H groups in total. The smallest absolute Gasteiger partial charge is 0.326 e. The maximum absolute atomic E-state index is 12.7. The van der Waals surface area contributed by atoms with Crippen LogP contribution < -0.4 is 0 Å². The molecule has 0 fully saturated rings. The monoisotopic (exact) mass is 388 g/mol. The van der Waals surface area contributed by atoms with Gasteiger partial charge in [0.25, 0.3) is 0 Å². The molecular formula is C24H24N2O3. The summed E-state index contributed by atoms with van der Waals surface area (Å²) in [6.07, 6.45) is 3.95. The van der Waals surface area contributed by atoms with E-state index >= 15 is 0 Å². The van der Waals surface area contributed by atoms with Crippen molar-refractivity contribution in [3.8, 4) is 0 Å². The van der Waals surface area contributed by atoms with Crippen molar-refractivity contribution in [2.45, 2.75) is 32.4 Å². The number of ketones is 1. The zero-order chi connectivity index (χ0) is 20.5. The summed E-state index contributed by atoms with van der Waals surface area (Å²) in [6, 6.07) is 16.5. The van der Waals surface area contributed by atoms with Gasteiger partial charge in [-0.3, -0.25) is 4.79 Å². The number of aromatic nitrogens is 1. The fourth-order valence-corrected chi connectivity index (χ4v) is 4.35. The van der Waals surface area contributed by atoms with Crippen LogP contribution in [0.3, 0.4) is 0 Å². The van der Waals surface area contributed by atoms with Gasteiger partial charge in [-0.25, -0.2) is 4.79 Å². The Morgan fingerprint density at radius 3 is 2.55 bits per heavy atom. The Kier molecular flexibility index (Phi) is 4.97. The van der Waals surface area contributed by atoms with Crippen molar-refractivity contribution in [3.63, 3.8) is 0 Å². The van der Waals surface area contributed by atoms with Crippen molar-refractivity contribution >= 4 is 22.7 Å². The first kappa shape index (κ1) is 19.0. The van der Waals surface area contributed by atoms with Gasteiger partial charge >= 0.3 is 5.97 Å². The number of para-hydroxylation sites is 1. The highest BCUT2D eigenvalue weighted by Crippen LogP contribution is 2.37. The second-order valence-corrected chi connectivity index (χ2v) is 7.69. The molecule has 0 bridgehead atoms. The molecule has 0 saturated carbocycles. The Morgan fingerprint density at radius 1 is 1.14 bits per heavy atom. The molecule has 0 radical (unpaired) electrons. The number of aromatic amines is 1. The molecule has 3 aromatic rings. The highest BCUT2D eigenvalue weighted by atomic mass is 16.4. The molecule has 1 aromatic heterocycles. The van der Waals surface area contributed by atoms with Crippen LogP contribution in [0.2, 0.25) is 0 Å². The summed E-state index contributed by atoms with van der Waals surface area (Å²) in [6.45, 7) is 3.64. The number of carboxylic acids is 1. The molecule has 2 heterocycles. The van der Waals surface area contributed by atoms with E-state index < -0.39 is 12.0 Å². The van der Waals surface area contributed by atoms with Crippen LogP contribution in [-0.2, 0) is 16.0 Å². The molecule has 5 heteroatoms. The summed E-state index contributed by atoms with van der Waals surface area (Å²) in [4.78, 5) is 30.1. The minimum atomic E-state index is -0.901. The van der Waals surface area contributed by atoms with E-state index in [-0.39, 0.29) is 17.7 Å². The van der Waals surface area contributed by atoms with Crippen molar-refractivity contribution in [2.75, 3.05) is 0 Å². The Bertz CT molecular complexity index is 1080. The van der Waals surface area contributed by atoms with Gasteiger partial charge in [-0.1, -0.05) is 55.5 Å². The molecule has 1 aliphatic rings. The second-order valence-electron chi connectivity index (χ2n) is 7.69. The highest BCUT2D eigenvalue weighted by molar-refractivity contribution is 5.98. The zero-order valence-electron chi connectivity index (χ0n) is 16.5. The van der Waals surface area contributed by atoms with Crippen LogP contribution in [0, 0.1) is 5.92 Å². The average molecular weight is 388 g/mol. The van der Waals surface area contributed by atoms with Crippen LogP contribution in [-0.4, -0.2) is 32.8 Å². The number of hydrogen-bond donors (Lipinski definition) is 2. The molecule has 0 aliphatic carbocycles. The lowest BCUT2D eigenvalue weighted by Gasteiger charge is -2.42. The van der Waals surface area contributed by atoms with Gasteiger partial charge in [0.15, 0.2) is 5.78 Å². The number of nitrogens with one attached hydrogen (secondary N) is 1. The lowest BCUT2D eigenvalue weighted by molar-refractivity contribution is -0.144. The maximum atomic E-state index is 12.7. The van der Waals surface area contributed by atoms with Crippen molar-refractivity contribution < 1.29 is 14.7 Å². The number of fused-ring (bicyclic) bond motifs is 1. The Labute approximate surface area is 169 Å². The normalized spacial score (nSPS) is 20.6. The van der Waals surface area contributed by atoms with Gasteiger partial charge in [0.1, 0.15) is 6.04 Å². The molecule has 5 nitrogen and oxygen atoms in total. The number of aliphatic carboxylic acids is 1. The van der Waals surface area contributed by atoms with Gasteiger partial charge in [0.05, 0.1) is 6.04 Å². The van der Waals surface area contributed by atoms with Gasteiger partial charge in [-0.05, 0) is 24.1 Å². The van der Waals surface area contributed by atoms with Crippen molar-refractivity contribution in [3.05, 3.63) is 83.7 Å².